The van der Waals surface area contributed by atoms with Crippen molar-refractivity contribution in [3.63, 3.8) is 0 Å². The monoisotopic (exact) mass is 683 g/mol. The van der Waals surface area contributed by atoms with Crippen molar-refractivity contribution < 1.29 is 34.8 Å². The third kappa shape index (κ3) is 6.53. The third-order valence-electron chi connectivity index (χ3n) is 6.15. The van der Waals surface area contributed by atoms with Gasteiger partial charge in [-0.15, -0.1) is 35.9 Å². The Balaban J connectivity index is 0.000000248. The topological polar surface area (TPSA) is 67.3 Å². The van der Waals surface area contributed by atoms with Gasteiger partial charge in [0.15, 0.2) is 11.6 Å². The quantitative estimate of drug-likeness (QED) is 0.112. The van der Waals surface area contributed by atoms with Crippen molar-refractivity contribution in [3.8, 4) is 22.4 Å². The molecule has 5 heteroatoms. The van der Waals surface area contributed by atoms with Gasteiger partial charge in [0.05, 0.1) is 5.76 Å². The molecule has 4 nitrogen and oxygen atoms in total. The van der Waals surface area contributed by atoms with Crippen LogP contribution in [0.3, 0.4) is 0 Å². The van der Waals surface area contributed by atoms with Crippen LogP contribution in [0, 0.1) is 17.9 Å². The van der Waals surface area contributed by atoms with E-state index in [0.29, 0.717) is 24.7 Å². The van der Waals surface area contributed by atoms with Crippen LogP contribution >= 0.6 is 0 Å². The molecule has 0 saturated carbocycles. The first kappa shape index (κ1) is 29.2. The van der Waals surface area contributed by atoms with E-state index in [1.165, 1.54) is 6.08 Å². The van der Waals surface area contributed by atoms with E-state index in [4.69, 9.17) is 0 Å². The number of aliphatic hydroxyl groups excluding tert-OH is 1. The molecule has 197 valence electrons. The van der Waals surface area contributed by atoms with Crippen LogP contribution in [0.4, 0.5) is 0 Å². The summed E-state index contributed by atoms with van der Waals surface area (Å²) in [5.41, 5.74) is 5.45. The van der Waals surface area contributed by atoms with Crippen LogP contribution in [0.2, 0.25) is 0 Å². The number of carbonyl (C=O) groups excluding carboxylic acids is 2. The van der Waals surface area contributed by atoms with Gasteiger partial charge in [0, 0.05) is 61.9 Å². The molecule has 0 atom stereocenters. The number of carbonyl (C=O) groups is 2. The molecule has 1 heterocycles. The second kappa shape index (κ2) is 12.9. The number of aliphatic hydroxyl groups is 1. The largest absolute Gasteiger partial charge is 0.512 e. The maximum atomic E-state index is 12.7. The Labute approximate surface area is 238 Å². The van der Waals surface area contributed by atoms with E-state index in [1.807, 2.05) is 101 Å². The number of pyridine rings is 1. The zero-order valence-corrected chi connectivity index (χ0v) is 24.5. The first-order chi connectivity index (χ1) is 17.8. The van der Waals surface area contributed by atoms with E-state index in [9.17, 15) is 14.7 Å². The van der Waals surface area contributed by atoms with Gasteiger partial charge >= 0.3 is 0 Å². The number of nitrogens with zero attached hydrogens (tertiary/aromatic N) is 1. The van der Waals surface area contributed by atoms with Crippen molar-refractivity contribution in [3.05, 3.63) is 102 Å². The number of hydrogen-bond acceptors (Lipinski definition) is 4. The van der Waals surface area contributed by atoms with Gasteiger partial charge in [-0.3, -0.25) is 9.59 Å². The third-order valence-corrected chi connectivity index (χ3v) is 6.15. The second-order valence-electron chi connectivity index (χ2n) is 10.2. The van der Waals surface area contributed by atoms with E-state index in [-0.39, 0.29) is 37.4 Å². The summed E-state index contributed by atoms with van der Waals surface area (Å²) >= 11 is 0. The smallest absolute Gasteiger partial charge is 0.194 e. The van der Waals surface area contributed by atoms with Gasteiger partial charge in [-0.2, -0.15) is 0 Å². The Morgan fingerprint density at radius 2 is 1.55 bits per heavy atom. The van der Waals surface area contributed by atoms with Crippen LogP contribution in [0.25, 0.3) is 33.2 Å². The first-order valence-corrected chi connectivity index (χ1v) is 12.7. The molecular formula is C33H32IrNO3-. The van der Waals surface area contributed by atoms with Crippen LogP contribution in [-0.2, 0) is 24.9 Å². The normalized spacial score (nSPS) is 12.1. The molecule has 0 unspecified atom stereocenters. The minimum Gasteiger partial charge on any atom is -0.512 e. The summed E-state index contributed by atoms with van der Waals surface area (Å²) in [4.78, 5) is 28.4. The zero-order chi connectivity index (χ0) is 26.5. The van der Waals surface area contributed by atoms with Gasteiger partial charge in [-0.05, 0) is 39.9 Å². The Kier molecular flexibility index (Phi) is 9.90. The molecule has 0 spiro atoms. The van der Waals surface area contributed by atoms with Crippen LogP contribution in [-0.4, -0.2) is 21.7 Å². The molecule has 1 aliphatic rings. The van der Waals surface area contributed by atoms with E-state index in [2.05, 4.69) is 11.1 Å². The van der Waals surface area contributed by atoms with Crippen molar-refractivity contribution in [1.82, 2.24) is 4.98 Å². The molecule has 1 aromatic heterocycles. The summed E-state index contributed by atoms with van der Waals surface area (Å²) in [5, 5.41) is 11.5. The van der Waals surface area contributed by atoms with Gasteiger partial charge in [0.2, 0.25) is 0 Å². The fraction of sp³-hybridized carbons (Fsp3) is 0.242. The summed E-state index contributed by atoms with van der Waals surface area (Å²) in [7, 11) is 0. The molecule has 1 radical (unpaired) electrons. The van der Waals surface area contributed by atoms with E-state index in [1.54, 1.807) is 0 Å². The van der Waals surface area contributed by atoms with Gasteiger partial charge in [-0.1, -0.05) is 64.1 Å². The summed E-state index contributed by atoms with van der Waals surface area (Å²) in [6, 6.07) is 24.8. The summed E-state index contributed by atoms with van der Waals surface area (Å²) in [6.45, 7) is 8.00. The maximum absolute atomic E-state index is 12.7. The van der Waals surface area contributed by atoms with E-state index >= 15 is 0 Å². The average molecular weight is 683 g/mol. The zero-order valence-electron chi connectivity index (χ0n) is 22.1. The number of fused-ring (bicyclic) bond motifs is 5. The number of rotatable bonds is 6. The molecule has 1 aliphatic carbocycles. The van der Waals surface area contributed by atoms with E-state index < -0.39 is 0 Å². The molecule has 0 fully saturated rings. The molecular weight excluding hydrogens is 651 g/mol. The van der Waals surface area contributed by atoms with Gasteiger partial charge in [-0.25, -0.2) is 0 Å². The van der Waals surface area contributed by atoms with Crippen LogP contribution in [0.1, 0.15) is 56.5 Å². The number of hydrogen-bond donors (Lipinski definition) is 1. The van der Waals surface area contributed by atoms with Crippen LogP contribution < -0.4 is 0 Å². The Morgan fingerprint density at radius 3 is 2.21 bits per heavy atom. The fourth-order valence-electron chi connectivity index (χ4n) is 4.66. The molecule has 5 rings (SSSR count). The number of benzene rings is 3. The van der Waals surface area contributed by atoms with Crippen molar-refractivity contribution in [2.45, 2.75) is 40.5 Å². The fourth-order valence-corrected chi connectivity index (χ4v) is 4.66. The molecule has 0 saturated heterocycles. The Morgan fingerprint density at radius 1 is 0.868 bits per heavy atom. The summed E-state index contributed by atoms with van der Waals surface area (Å²) < 4.78 is 0. The van der Waals surface area contributed by atoms with Gasteiger partial charge in [0.1, 0.15) is 0 Å². The standard InChI is InChI=1S/C22H12NO.C11H20O2.Ir/c24-22-18-9-5-4-8-15(18)20-16-12-13-23-21(14-6-2-1-3-7-14)17(16)10-11-19(20)22;1-8(2)5-10(12)7-11(13)6-9(3)4;/h1-6,8-13H;7-9,12H,5-6H2,1-4H3;/q-1;;/b;10-7-;. The SMILES string of the molecule is CC(C)CC(=O)/C=C(\O)CC(C)C.O=C1c2ccccc2-c2c1ccc1c(-c3[c-]cccc3)nccc21.[Ir]. The predicted molar refractivity (Wildman–Crippen MR) is 150 cm³/mol. The summed E-state index contributed by atoms with van der Waals surface area (Å²) in [6.07, 6.45) is 4.27. The maximum Gasteiger partial charge on any atom is 0.194 e. The number of aromatic nitrogens is 1. The van der Waals surface area contributed by atoms with Gasteiger partial charge < -0.3 is 10.1 Å². The van der Waals surface area contributed by atoms with Crippen LogP contribution in [0.5, 0.6) is 0 Å². The summed E-state index contributed by atoms with van der Waals surface area (Å²) in [5.74, 6) is 1.08. The number of ketones is 2. The molecule has 0 amide bonds. The minimum atomic E-state index is 0. The van der Waals surface area contributed by atoms with Crippen LogP contribution in [0.15, 0.2) is 84.8 Å². The predicted octanol–water partition coefficient (Wildman–Crippen LogP) is 8.00. The average Bonchev–Trinajstić information content (AvgIpc) is 3.16. The Hall–Kier alpha value is -3.40. The Bertz CT molecular complexity index is 1470. The molecule has 4 aromatic rings. The second-order valence-corrected chi connectivity index (χ2v) is 10.2. The molecule has 0 bridgehead atoms. The van der Waals surface area contributed by atoms with Crippen molar-refractivity contribution in [2.75, 3.05) is 0 Å². The molecule has 38 heavy (non-hydrogen) atoms. The first-order valence-electron chi connectivity index (χ1n) is 12.7. The molecule has 1 N–H and O–H groups in total. The van der Waals surface area contributed by atoms with E-state index in [0.717, 1.165) is 44.3 Å². The van der Waals surface area contributed by atoms with Crippen molar-refractivity contribution >= 4 is 22.3 Å². The molecule has 3 aromatic carbocycles. The minimum absolute atomic E-state index is 0. The van der Waals surface area contributed by atoms with Gasteiger partial charge in [0.25, 0.3) is 0 Å². The van der Waals surface area contributed by atoms with Crippen molar-refractivity contribution in [1.29, 1.82) is 0 Å². The molecule has 0 aliphatic heterocycles. The van der Waals surface area contributed by atoms with Crippen molar-refractivity contribution in [2.24, 2.45) is 11.8 Å². The number of allylic oxidation sites excluding steroid dienone is 2.